The van der Waals surface area contributed by atoms with Crippen molar-refractivity contribution in [1.82, 2.24) is 5.43 Å². The monoisotopic (exact) mass is 272 g/mol. The lowest BCUT2D eigenvalue weighted by Crippen LogP contribution is -2.28. The number of nitrogens with two attached hydrogens (primary N) is 1. The first kappa shape index (κ1) is 12.6. The van der Waals surface area contributed by atoms with Crippen LogP contribution in [0, 0.1) is 0 Å². The summed E-state index contributed by atoms with van der Waals surface area (Å²) in [6.45, 7) is 0.770. The van der Waals surface area contributed by atoms with Crippen molar-refractivity contribution in [3.05, 3.63) is 34.3 Å². The third-order valence-electron chi connectivity index (χ3n) is 2.29. The molecule has 0 saturated carbocycles. The number of hydrazine groups is 1. The van der Waals surface area contributed by atoms with E-state index in [0.29, 0.717) is 0 Å². The predicted octanol–water partition coefficient (Wildman–Crippen LogP) is 2.38. The summed E-state index contributed by atoms with van der Waals surface area (Å²) in [6.07, 6.45) is 1.97. The van der Waals surface area contributed by atoms with Crippen molar-refractivity contribution in [1.29, 1.82) is 0 Å². The number of benzene rings is 1. The lowest BCUT2D eigenvalue weighted by atomic mass is 10.0. The first-order valence-corrected chi connectivity index (χ1v) is 5.77. The SMILES string of the molecule is COCCCC(NN)c1cccc(Br)c1. The average molecular weight is 273 g/mol. The van der Waals surface area contributed by atoms with Crippen molar-refractivity contribution in [2.45, 2.75) is 18.9 Å². The lowest BCUT2D eigenvalue weighted by molar-refractivity contribution is 0.189. The van der Waals surface area contributed by atoms with Gasteiger partial charge in [-0.25, -0.2) is 0 Å². The highest BCUT2D eigenvalue weighted by molar-refractivity contribution is 9.10. The summed E-state index contributed by atoms with van der Waals surface area (Å²) < 4.78 is 6.09. The van der Waals surface area contributed by atoms with Gasteiger partial charge in [-0.3, -0.25) is 11.3 Å². The molecule has 0 aliphatic rings. The first-order chi connectivity index (χ1) is 7.27. The summed E-state index contributed by atoms with van der Waals surface area (Å²) in [7, 11) is 1.71. The maximum atomic E-state index is 5.53. The van der Waals surface area contributed by atoms with Crippen LogP contribution in [-0.4, -0.2) is 13.7 Å². The van der Waals surface area contributed by atoms with Gasteiger partial charge in [-0.05, 0) is 30.5 Å². The molecular weight excluding hydrogens is 256 g/mol. The Bertz CT molecular complexity index is 294. The van der Waals surface area contributed by atoms with Crippen molar-refractivity contribution in [3.8, 4) is 0 Å². The quantitative estimate of drug-likeness (QED) is 0.475. The Morgan fingerprint density at radius 3 is 2.93 bits per heavy atom. The molecule has 1 unspecified atom stereocenters. The fourth-order valence-electron chi connectivity index (χ4n) is 1.50. The minimum absolute atomic E-state index is 0.192. The molecule has 0 aliphatic heterocycles. The van der Waals surface area contributed by atoms with E-state index in [1.807, 2.05) is 12.1 Å². The molecule has 1 atom stereocenters. The first-order valence-electron chi connectivity index (χ1n) is 4.98. The van der Waals surface area contributed by atoms with Crippen molar-refractivity contribution in [3.63, 3.8) is 0 Å². The van der Waals surface area contributed by atoms with Gasteiger partial charge in [0.1, 0.15) is 0 Å². The Labute approximate surface area is 99.1 Å². The van der Waals surface area contributed by atoms with Gasteiger partial charge in [0.2, 0.25) is 0 Å². The standard InChI is InChI=1S/C11H17BrN2O/c1-15-7-3-6-11(14-13)9-4-2-5-10(12)8-9/h2,4-5,8,11,14H,3,6-7,13H2,1H3. The fraction of sp³-hybridized carbons (Fsp3) is 0.455. The number of methoxy groups -OCH3 is 1. The summed E-state index contributed by atoms with van der Waals surface area (Å²) in [5.41, 5.74) is 4.03. The Morgan fingerprint density at radius 2 is 2.33 bits per heavy atom. The highest BCUT2D eigenvalue weighted by Crippen LogP contribution is 2.21. The molecule has 15 heavy (non-hydrogen) atoms. The van der Waals surface area contributed by atoms with E-state index >= 15 is 0 Å². The molecule has 0 aliphatic carbocycles. The van der Waals surface area contributed by atoms with Crippen molar-refractivity contribution >= 4 is 15.9 Å². The molecule has 0 fully saturated rings. The Kier molecular flexibility index (Phi) is 5.86. The van der Waals surface area contributed by atoms with Gasteiger partial charge in [0.25, 0.3) is 0 Å². The molecular formula is C11H17BrN2O. The Balaban J connectivity index is 2.57. The smallest absolute Gasteiger partial charge is 0.0462 e. The molecule has 0 saturated heterocycles. The second kappa shape index (κ2) is 6.95. The number of halogens is 1. The van der Waals surface area contributed by atoms with Gasteiger partial charge in [0.15, 0.2) is 0 Å². The molecule has 1 aromatic carbocycles. The number of hydrogen-bond acceptors (Lipinski definition) is 3. The Morgan fingerprint density at radius 1 is 1.53 bits per heavy atom. The molecule has 0 aromatic heterocycles. The maximum absolute atomic E-state index is 5.53. The van der Waals surface area contributed by atoms with Crippen LogP contribution < -0.4 is 11.3 Å². The van der Waals surface area contributed by atoms with Gasteiger partial charge in [-0.2, -0.15) is 0 Å². The van der Waals surface area contributed by atoms with E-state index < -0.39 is 0 Å². The van der Waals surface area contributed by atoms with Crippen LogP contribution >= 0.6 is 15.9 Å². The zero-order chi connectivity index (χ0) is 11.1. The van der Waals surface area contributed by atoms with Gasteiger partial charge >= 0.3 is 0 Å². The predicted molar refractivity (Wildman–Crippen MR) is 65.3 cm³/mol. The van der Waals surface area contributed by atoms with Gasteiger partial charge in [-0.15, -0.1) is 0 Å². The van der Waals surface area contributed by atoms with Crippen LogP contribution in [0.5, 0.6) is 0 Å². The molecule has 0 amide bonds. The minimum atomic E-state index is 0.192. The zero-order valence-corrected chi connectivity index (χ0v) is 10.5. The van der Waals surface area contributed by atoms with E-state index in [-0.39, 0.29) is 6.04 Å². The van der Waals surface area contributed by atoms with Crippen LogP contribution in [-0.2, 0) is 4.74 Å². The van der Waals surface area contributed by atoms with Crippen LogP contribution in [0.1, 0.15) is 24.4 Å². The van der Waals surface area contributed by atoms with Crippen molar-refractivity contribution < 1.29 is 4.74 Å². The molecule has 0 bridgehead atoms. The molecule has 0 heterocycles. The number of nitrogens with one attached hydrogen (secondary N) is 1. The average Bonchev–Trinajstić information content (AvgIpc) is 2.24. The van der Waals surface area contributed by atoms with Crippen LogP contribution in [0.25, 0.3) is 0 Å². The van der Waals surface area contributed by atoms with E-state index in [4.69, 9.17) is 10.6 Å². The van der Waals surface area contributed by atoms with Crippen LogP contribution in [0.3, 0.4) is 0 Å². The van der Waals surface area contributed by atoms with E-state index in [1.54, 1.807) is 7.11 Å². The molecule has 0 spiro atoms. The molecule has 1 aromatic rings. The topological polar surface area (TPSA) is 47.3 Å². The minimum Gasteiger partial charge on any atom is -0.385 e. The van der Waals surface area contributed by atoms with E-state index in [1.165, 1.54) is 5.56 Å². The van der Waals surface area contributed by atoms with E-state index in [2.05, 4.69) is 33.5 Å². The third-order valence-corrected chi connectivity index (χ3v) is 2.79. The summed E-state index contributed by atoms with van der Waals surface area (Å²) in [4.78, 5) is 0. The van der Waals surface area contributed by atoms with E-state index in [9.17, 15) is 0 Å². The number of hydrogen-bond donors (Lipinski definition) is 2. The third kappa shape index (κ3) is 4.30. The number of rotatable bonds is 6. The molecule has 3 nitrogen and oxygen atoms in total. The van der Waals surface area contributed by atoms with Crippen LogP contribution in [0.4, 0.5) is 0 Å². The highest BCUT2D eigenvalue weighted by atomic mass is 79.9. The van der Waals surface area contributed by atoms with Crippen LogP contribution in [0.2, 0.25) is 0 Å². The summed E-state index contributed by atoms with van der Waals surface area (Å²) in [5, 5.41) is 0. The zero-order valence-electron chi connectivity index (χ0n) is 8.87. The van der Waals surface area contributed by atoms with Gasteiger partial charge in [0.05, 0.1) is 0 Å². The molecule has 0 radical (unpaired) electrons. The van der Waals surface area contributed by atoms with Crippen LogP contribution in [0.15, 0.2) is 28.7 Å². The lowest BCUT2D eigenvalue weighted by Gasteiger charge is -2.16. The highest BCUT2D eigenvalue weighted by Gasteiger charge is 2.08. The fourth-order valence-corrected chi connectivity index (χ4v) is 1.92. The van der Waals surface area contributed by atoms with Gasteiger partial charge in [0, 0.05) is 24.2 Å². The normalized spacial score (nSPS) is 12.7. The molecule has 84 valence electrons. The number of ether oxygens (including phenoxy) is 1. The molecule has 4 heteroatoms. The summed E-state index contributed by atoms with van der Waals surface area (Å²) in [5.74, 6) is 5.53. The van der Waals surface area contributed by atoms with Gasteiger partial charge in [-0.1, -0.05) is 28.1 Å². The largest absolute Gasteiger partial charge is 0.385 e. The van der Waals surface area contributed by atoms with Crippen molar-refractivity contribution in [2.24, 2.45) is 5.84 Å². The Hall–Kier alpha value is -0.420. The molecule has 3 N–H and O–H groups in total. The van der Waals surface area contributed by atoms with Gasteiger partial charge < -0.3 is 4.74 Å². The second-order valence-electron chi connectivity index (χ2n) is 3.41. The second-order valence-corrected chi connectivity index (χ2v) is 4.32. The van der Waals surface area contributed by atoms with E-state index in [0.717, 1.165) is 23.9 Å². The van der Waals surface area contributed by atoms with Crippen molar-refractivity contribution in [2.75, 3.05) is 13.7 Å². The maximum Gasteiger partial charge on any atom is 0.0462 e. The molecule has 1 rings (SSSR count). The summed E-state index contributed by atoms with van der Waals surface area (Å²) >= 11 is 3.45. The summed E-state index contributed by atoms with van der Waals surface area (Å²) in [6, 6.07) is 8.36.